The van der Waals surface area contributed by atoms with E-state index in [9.17, 15) is 4.79 Å². The fraction of sp³-hybridized carbons (Fsp3) is 0.867. The van der Waals surface area contributed by atoms with Crippen LogP contribution in [0.4, 0.5) is 0 Å². The van der Waals surface area contributed by atoms with Crippen molar-refractivity contribution in [3.05, 3.63) is 0 Å². The van der Waals surface area contributed by atoms with Crippen LogP contribution < -0.4 is 5.73 Å². The molecule has 1 amide bonds. The van der Waals surface area contributed by atoms with Crippen molar-refractivity contribution in [1.82, 2.24) is 9.80 Å². The molecule has 5 nitrogen and oxygen atoms in total. The van der Waals surface area contributed by atoms with Gasteiger partial charge in [-0.05, 0) is 39.2 Å². The third-order valence-electron chi connectivity index (χ3n) is 5.43. The Morgan fingerprint density at radius 3 is 2.71 bits per heavy atom. The normalized spacial score (nSPS) is 32.7. The first-order valence-electron chi connectivity index (χ1n) is 7.97. The minimum Gasteiger partial charge on any atom is -0.392 e. The number of amides is 1. The van der Waals surface area contributed by atoms with Gasteiger partial charge in [-0.15, -0.1) is 0 Å². The average molecular weight is 311 g/mol. The summed E-state index contributed by atoms with van der Waals surface area (Å²) in [5.41, 5.74) is 5.30. The summed E-state index contributed by atoms with van der Waals surface area (Å²) >= 11 is 5.27. The van der Waals surface area contributed by atoms with Gasteiger partial charge >= 0.3 is 0 Å². The smallest absolute Gasteiger partial charge is 0.236 e. The van der Waals surface area contributed by atoms with E-state index in [2.05, 4.69) is 11.8 Å². The number of piperazine rings is 1. The number of fused-ring (bicyclic) bond motifs is 1. The lowest BCUT2D eigenvalue weighted by Crippen LogP contribution is -2.62. The SMILES string of the molecule is CC1CN2CCCC2CN1C(=O)C1(C(N)=S)CCOCC1. The highest BCUT2D eigenvalue weighted by Gasteiger charge is 2.48. The van der Waals surface area contributed by atoms with E-state index in [0.29, 0.717) is 37.1 Å². The number of hydrogen-bond donors (Lipinski definition) is 1. The lowest BCUT2D eigenvalue weighted by molar-refractivity contribution is -0.148. The number of rotatable bonds is 2. The van der Waals surface area contributed by atoms with Crippen molar-refractivity contribution in [1.29, 1.82) is 0 Å². The Bertz CT molecular complexity index is 437. The zero-order chi connectivity index (χ0) is 15.0. The van der Waals surface area contributed by atoms with Crippen LogP contribution in [0.25, 0.3) is 0 Å². The molecule has 3 rings (SSSR count). The van der Waals surface area contributed by atoms with E-state index in [1.54, 1.807) is 0 Å². The van der Waals surface area contributed by atoms with Crippen molar-refractivity contribution in [2.24, 2.45) is 11.1 Å². The van der Waals surface area contributed by atoms with Crippen LogP contribution in [0.15, 0.2) is 0 Å². The van der Waals surface area contributed by atoms with Crippen LogP contribution >= 0.6 is 12.2 Å². The van der Waals surface area contributed by atoms with E-state index in [-0.39, 0.29) is 11.9 Å². The molecule has 0 bridgehead atoms. The highest BCUT2D eigenvalue weighted by molar-refractivity contribution is 7.80. The molecule has 3 aliphatic heterocycles. The summed E-state index contributed by atoms with van der Waals surface area (Å²) in [5.74, 6) is 0.136. The molecule has 6 heteroatoms. The molecule has 2 unspecified atom stereocenters. The van der Waals surface area contributed by atoms with Gasteiger partial charge in [0.25, 0.3) is 0 Å². The Morgan fingerprint density at radius 2 is 2.05 bits per heavy atom. The quantitative estimate of drug-likeness (QED) is 0.763. The molecule has 3 aliphatic rings. The van der Waals surface area contributed by atoms with E-state index < -0.39 is 5.41 Å². The molecule has 21 heavy (non-hydrogen) atoms. The predicted octanol–water partition coefficient (Wildman–Crippen LogP) is 0.764. The lowest BCUT2D eigenvalue weighted by atomic mass is 9.78. The maximum atomic E-state index is 13.2. The maximum Gasteiger partial charge on any atom is 0.236 e. The molecular formula is C15H25N3O2S. The molecule has 2 N–H and O–H groups in total. The van der Waals surface area contributed by atoms with Gasteiger partial charge in [0.2, 0.25) is 5.91 Å². The molecule has 0 aromatic carbocycles. The number of ether oxygens (including phenoxy) is 1. The van der Waals surface area contributed by atoms with Gasteiger partial charge in [0.15, 0.2) is 0 Å². The van der Waals surface area contributed by atoms with Crippen LogP contribution in [0.2, 0.25) is 0 Å². The van der Waals surface area contributed by atoms with Gasteiger partial charge < -0.3 is 15.4 Å². The molecule has 0 radical (unpaired) electrons. The van der Waals surface area contributed by atoms with Crippen LogP contribution in [-0.4, -0.2) is 65.6 Å². The minimum atomic E-state index is -0.678. The highest BCUT2D eigenvalue weighted by atomic mass is 32.1. The summed E-state index contributed by atoms with van der Waals surface area (Å²) in [4.78, 5) is 18.1. The molecule has 3 fully saturated rings. The third-order valence-corrected chi connectivity index (χ3v) is 5.82. The molecule has 3 saturated heterocycles. The topological polar surface area (TPSA) is 58.8 Å². The van der Waals surface area contributed by atoms with Crippen molar-refractivity contribution < 1.29 is 9.53 Å². The average Bonchev–Trinajstić information content (AvgIpc) is 2.93. The van der Waals surface area contributed by atoms with Gasteiger partial charge in [-0.25, -0.2) is 0 Å². The maximum absolute atomic E-state index is 13.2. The van der Waals surface area contributed by atoms with E-state index in [1.165, 1.54) is 19.4 Å². The van der Waals surface area contributed by atoms with Crippen molar-refractivity contribution in [2.75, 3.05) is 32.8 Å². The number of carbonyl (C=O) groups is 1. The summed E-state index contributed by atoms with van der Waals surface area (Å²) in [6.45, 7) is 6.25. The molecule has 0 aromatic rings. The van der Waals surface area contributed by atoms with E-state index in [1.807, 2.05) is 4.90 Å². The Balaban J connectivity index is 1.80. The first kappa shape index (κ1) is 15.2. The van der Waals surface area contributed by atoms with E-state index >= 15 is 0 Å². The second-order valence-electron chi connectivity index (χ2n) is 6.66. The Kier molecular flexibility index (Phi) is 4.21. The molecule has 3 heterocycles. The number of nitrogens with two attached hydrogens (primary N) is 1. The predicted molar refractivity (Wildman–Crippen MR) is 85.0 cm³/mol. The molecule has 2 atom stereocenters. The van der Waals surface area contributed by atoms with Crippen LogP contribution in [0.3, 0.4) is 0 Å². The zero-order valence-corrected chi connectivity index (χ0v) is 13.5. The van der Waals surface area contributed by atoms with Crippen molar-refractivity contribution in [3.63, 3.8) is 0 Å². The molecular weight excluding hydrogens is 286 g/mol. The van der Waals surface area contributed by atoms with Crippen molar-refractivity contribution >= 4 is 23.1 Å². The third kappa shape index (κ3) is 2.58. The molecule has 0 saturated carbocycles. The molecule has 0 spiro atoms. The van der Waals surface area contributed by atoms with Gasteiger partial charge in [-0.1, -0.05) is 12.2 Å². The monoisotopic (exact) mass is 311 g/mol. The van der Waals surface area contributed by atoms with Crippen LogP contribution in [0, 0.1) is 5.41 Å². The highest BCUT2D eigenvalue weighted by Crippen LogP contribution is 2.36. The van der Waals surface area contributed by atoms with Gasteiger partial charge in [0.1, 0.15) is 5.41 Å². The fourth-order valence-electron chi connectivity index (χ4n) is 4.03. The summed E-state index contributed by atoms with van der Waals surface area (Å²) in [5, 5.41) is 0. The summed E-state index contributed by atoms with van der Waals surface area (Å²) in [6.07, 6.45) is 3.69. The van der Waals surface area contributed by atoms with Crippen LogP contribution in [0.5, 0.6) is 0 Å². The van der Waals surface area contributed by atoms with Crippen molar-refractivity contribution in [2.45, 2.75) is 44.7 Å². The summed E-state index contributed by atoms with van der Waals surface area (Å²) in [6, 6.07) is 0.759. The van der Waals surface area contributed by atoms with Crippen LogP contribution in [-0.2, 0) is 9.53 Å². The minimum absolute atomic E-state index is 0.136. The standard InChI is InChI=1S/C15H25N3O2S/c1-11-9-17-6-2-3-12(17)10-18(11)14(19)15(13(16)21)4-7-20-8-5-15/h11-12H,2-10H2,1H3,(H2,16,21). The molecule has 0 aromatic heterocycles. The largest absolute Gasteiger partial charge is 0.392 e. The van der Waals surface area contributed by atoms with Gasteiger partial charge in [0, 0.05) is 38.4 Å². The van der Waals surface area contributed by atoms with E-state index in [0.717, 1.165) is 13.1 Å². The van der Waals surface area contributed by atoms with E-state index in [4.69, 9.17) is 22.7 Å². The summed E-state index contributed by atoms with van der Waals surface area (Å²) in [7, 11) is 0. The second kappa shape index (κ2) is 5.82. The van der Waals surface area contributed by atoms with Gasteiger partial charge in [0.05, 0.1) is 4.99 Å². The lowest BCUT2D eigenvalue weighted by Gasteiger charge is -2.47. The van der Waals surface area contributed by atoms with Crippen LogP contribution in [0.1, 0.15) is 32.6 Å². The van der Waals surface area contributed by atoms with Gasteiger partial charge in [-0.3, -0.25) is 9.69 Å². The second-order valence-corrected chi connectivity index (χ2v) is 7.10. The molecule has 0 aliphatic carbocycles. The Hall–Kier alpha value is -0.720. The Morgan fingerprint density at radius 1 is 1.33 bits per heavy atom. The van der Waals surface area contributed by atoms with Gasteiger partial charge in [-0.2, -0.15) is 0 Å². The number of carbonyl (C=O) groups excluding carboxylic acids is 1. The fourth-order valence-corrected chi connectivity index (χ4v) is 4.32. The number of hydrogen-bond acceptors (Lipinski definition) is 4. The molecule has 118 valence electrons. The number of thiocarbonyl (C=S) groups is 1. The summed E-state index contributed by atoms with van der Waals surface area (Å²) < 4.78 is 5.41. The Labute approximate surface area is 131 Å². The first-order valence-corrected chi connectivity index (χ1v) is 8.38. The zero-order valence-electron chi connectivity index (χ0n) is 12.7. The first-order chi connectivity index (χ1) is 10.0. The number of nitrogens with zero attached hydrogens (tertiary/aromatic N) is 2. The van der Waals surface area contributed by atoms with Crippen molar-refractivity contribution in [3.8, 4) is 0 Å².